The molecule has 2 atom stereocenters. The maximum atomic E-state index is 11.9. The summed E-state index contributed by atoms with van der Waals surface area (Å²) in [6.45, 7) is 0.0146. The van der Waals surface area contributed by atoms with Gasteiger partial charge in [-0.05, 0) is 53.9 Å². The molecule has 0 aliphatic heterocycles. The van der Waals surface area contributed by atoms with Crippen LogP contribution in [0.5, 0.6) is 23.1 Å². The largest absolute Gasteiger partial charge is 0.491 e. The van der Waals surface area contributed by atoms with E-state index in [0.29, 0.717) is 35.1 Å². The van der Waals surface area contributed by atoms with Crippen molar-refractivity contribution in [1.82, 2.24) is 10.3 Å². The average Bonchev–Trinajstić information content (AvgIpc) is 3.02. The van der Waals surface area contributed by atoms with Crippen molar-refractivity contribution >= 4 is 15.7 Å². The molecule has 1 aromatic heterocycles. The van der Waals surface area contributed by atoms with Gasteiger partial charge in [-0.15, -0.1) is 0 Å². The van der Waals surface area contributed by atoms with E-state index in [1.807, 2.05) is 42.5 Å². The maximum absolute atomic E-state index is 11.9. The zero-order valence-corrected chi connectivity index (χ0v) is 25.1. The van der Waals surface area contributed by atoms with Crippen LogP contribution in [0, 0.1) is 0 Å². The van der Waals surface area contributed by atoms with Crippen LogP contribution in [0.15, 0.2) is 91.1 Å². The molecule has 0 saturated carbocycles. The molecule has 11 nitrogen and oxygen atoms in total. The van der Waals surface area contributed by atoms with E-state index in [4.69, 9.17) is 14.2 Å². The number of rotatable bonds is 17. The molecule has 1 heterocycles. The van der Waals surface area contributed by atoms with E-state index in [2.05, 4.69) is 15.0 Å². The fourth-order valence-electron chi connectivity index (χ4n) is 4.22. The molecule has 5 N–H and O–H groups in total. The first kappa shape index (κ1) is 32.7. The fourth-order valence-corrected chi connectivity index (χ4v) is 4.78. The third kappa shape index (κ3) is 10.5. The smallest absolute Gasteiger partial charge is 0.229 e. The van der Waals surface area contributed by atoms with Gasteiger partial charge in [0.2, 0.25) is 15.9 Å². The van der Waals surface area contributed by atoms with E-state index in [0.717, 1.165) is 17.4 Å². The summed E-state index contributed by atoms with van der Waals surface area (Å²) >= 11 is 0. The quantitative estimate of drug-likeness (QED) is 0.118. The molecule has 44 heavy (non-hydrogen) atoms. The number of ether oxygens (including phenoxy) is 3. The summed E-state index contributed by atoms with van der Waals surface area (Å²) in [5.74, 6) is 1.59. The van der Waals surface area contributed by atoms with Gasteiger partial charge in [0.15, 0.2) is 0 Å². The highest BCUT2D eigenvalue weighted by atomic mass is 32.2. The highest BCUT2D eigenvalue weighted by molar-refractivity contribution is 7.92. The first-order chi connectivity index (χ1) is 21.2. The van der Waals surface area contributed by atoms with E-state index in [1.165, 1.54) is 6.07 Å². The number of aromatic nitrogens is 1. The predicted molar refractivity (Wildman–Crippen MR) is 166 cm³/mol. The monoisotopic (exact) mass is 623 g/mol. The second-order valence-corrected chi connectivity index (χ2v) is 11.9. The van der Waals surface area contributed by atoms with Crippen molar-refractivity contribution in [2.75, 3.05) is 30.7 Å². The van der Waals surface area contributed by atoms with Crippen LogP contribution in [-0.2, 0) is 29.7 Å². The van der Waals surface area contributed by atoms with Gasteiger partial charge >= 0.3 is 0 Å². The van der Waals surface area contributed by atoms with Crippen molar-refractivity contribution in [2.45, 2.75) is 31.8 Å². The summed E-state index contributed by atoms with van der Waals surface area (Å²) in [6.07, 6.45) is 2.23. The molecule has 0 aliphatic carbocycles. The Morgan fingerprint density at radius 3 is 2.34 bits per heavy atom. The van der Waals surface area contributed by atoms with E-state index in [-0.39, 0.29) is 44.7 Å². The summed E-state index contributed by atoms with van der Waals surface area (Å²) in [4.78, 5) is 4.15. The van der Waals surface area contributed by atoms with E-state index < -0.39 is 16.1 Å². The Morgan fingerprint density at radius 1 is 0.886 bits per heavy atom. The number of nitrogens with one attached hydrogen (secondary N) is 2. The lowest BCUT2D eigenvalue weighted by molar-refractivity contribution is 0.0997. The van der Waals surface area contributed by atoms with Crippen LogP contribution in [0.2, 0.25) is 0 Å². The van der Waals surface area contributed by atoms with Crippen molar-refractivity contribution in [2.24, 2.45) is 0 Å². The molecule has 0 aliphatic rings. The molecular formula is C32H37N3O8S. The minimum absolute atomic E-state index is 0.0664. The second kappa shape index (κ2) is 16.0. The van der Waals surface area contributed by atoms with Crippen LogP contribution >= 0.6 is 0 Å². The first-order valence-electron chi connectivity index (χ1n) is 14.0. The van der Waals surface area contributed by atoms with Crippen molar-refractivity contribution in [3.05, 3.63) is 108 Å². The van der Waals surface area contributed by atoms with Gasteiger partial charge in [0.1, 0.15) is 36.6 Å². The van der Waals surface area contributed by atoms with Crippen LogP contribution < -0.4 is 24.2 Å². The number of aliphatic hydroxyl groups excluding tert-OH is 3. The minimum atomic E-state index is -3.58. The van der Waals surface area contributed by atoms with Gasteiger partial charge < -0.3 is 34.8 Å². The lowest BCUT2D eigenvalue weighted by Crippen LogP contribution is -2.41. The highest BCUT2D eigenvalue weighted by Crippen LogP contribution is 2.31. The number of nitrogens with zero attached hydrogens (tertiary/aromatic N) is 1. The summed E-state index contributed by atoms with van der Waals surface area (Å²) in [6, 6.07) is 24.7. The maximum Gasteiger partial charge on any atom is 0.229 e. The van der Waals surface area contributed by atoms with Crippen LogP contribution in [-0.4, -0.2) is 66.9 Å². The third-order valence-electron chi connectivity index (χ3n) is 6.43. The van der Waals surface area contributed by atoms with Crippen molar-refractivity contribution in [1.29, 1.82) is 0 Å². The van der Waals surface area contributed by atoms with Gasteiger partial charge in [0, 0.05) is 30.4 Å². The van der Waals surface area contributed by atoms with Crippen molar-refractivity contribution in [3.8, 4) is 23.1 Å². The lowest BCUT2D eigenvalue weighted by atomic mass is 10.1. The number of hydrogen-bond acceptors (Lipinski definition) is 10. The molecule has 0 unspecified atom stereocenters. The third-order valence-corrected chi connectivity index (χ3v) is 7.02. The Bertz CT molecular complexity index is 1570. The van der Waals surface area contributed by atoms with E-state index in [1.54, 1.807) is 42.6 Å². The SMILES string of the molecule is CS(=O)(=O)Nc1cc(OC[C@H](O)CN[C@H](CO)Cc2ccc(Oc3ncccc3CO)cc2)ccc1OCc1ccccc1. The number of sulfonamides is 1. The van der Waals surface area contributed by atoms with E-state index >= 15 is 0 Å². The summed E-state index contributed by atoms with van der Waals surface area (Å²) in [5, 5.41) is 33.0. The van der Waals surface area contributed by atoms with Gasteiger partial charge in [-0.25, -0.2) is 13.4 Å². The van der Waals surface area contributed by atoms with Crippen LogP contribution in [0.1, 0.15) is 16.7 Å². The van der Waals surface area contributed by atoms with Gasteiger partial charge in [-0.3, -0.25) is 4.72 Å². The molecule has 0 amide bonds. The molecule has 12 heteroatoms. The number of hydrogen-bond donors (Lipinski definition) is 5. The Labute approximate surface area is 257 Å². The summed E-state index contributed by atoms with van der Waals surface area (Å²) in [7, 11) is -3.58. The number of benzene rings is 3. The molecule has 0 saturated heterocycles. The lowest BCUT2D eigenvalue weighted by Gasteiger charge is -2.20. The van der Waals surface area contributed by atoms with Crippen LogP contribution in [0.3, 0.4) is 0 Å². The van der Waals surface area contributed by atoms with Crippen molar-refractivity contribution in [3.63, 3.8) is 0 Å². The number of aliphatic hydroxyl groups is 3. The molecule has 4 rings (SSSR count). The molecule has 0 bridgehead atoms. The van der Waals surface area contributed by atoms with Gasteiger partial charge in [-0.1, -0.05) is 42.5 Å². The summed E-state index contributed by atoms with van der Waals surface area (Å²) < 4.78 is 43.7. The van der Waals surface area contributed by atoms with Crippen LogP contribution in [0.4, 0.5) is 5.69 Å². The highest BCUT2D eigenvalue weighted by Gasteiger charge is 2.15. The molecule has 234 valence electrons. The average molecular weight is 624 g/mol. The van der Waals surface area contributed by atoms with Gasteiger partial charge in [-0.2, -0.15) is 0 Å². The first-order valence-corrected chi connectivity index (χ1v) is 15.9. The number of anilines is 1. The molecule has 0 radical (unpaired) electrons. The zero-order chi connectivity index (χ0) is 31.4. The van der Waals surface area contributed by atoms with E-state index in [9.17, 15) is 23.7 Å². The molecule has 4 aromatic rings. The Balaban J connectivity index is 1.27. The van der Waals surface area contributed by atoms with Crippen molar-refractivity contribution < 1.29 is 37.9 Å². The number of pyridine rings is 1. The normalized spacial score (nSPS) is 12.7. The second-order valence-electron chi connectivity index (χ2n) is 10.1. The topological polar surface area (TPSA) is 159 Å². The van der Waals surface area contributed by atoms with Gasteiger partial charge in [0.05, 0.1) is 25.2 Å². The molecular weight excluding hydrogens is 586 g/mol. The standard InChI is InChI=1S/C32H37N3O8S/c1-44(39,40)35-30-17-29(13-14-31(30)42-21-24-6-3-2-4-7-24)41-22-27(38)18-34-26(20-37)16-23-9-11-28(12-10-23)43-32-25(19-36)8-5-15-33-32/h2-15,17,26-27,34-38H,16,18-22H2,1H3/t26-,27+/m0/s1. The Hall–Kier alpha value is -4.20. The molecule has 0 fully saturated rings. The zero-order valence-electron chi connectivity index (χ0n) is 24.3. The summed E-state index contributed by atoms with van der Waals surface area (Å²) in [5.41, 5.74) is 2.68. The Kier molecular flexibility index (Phi) is 11.9. The van der Waals surface area contributed by atoms with Gasteiger partial charge in [0.25, 0.3) is 0 Å². The minimum Gasteiger partial charge on any atom is -0.491 e. The molecule has 3 aromatic carbocycles. The fraction of sp³-hybridized carbons (Fsp3) is 0.281. The van der Waals surface area contributed by atoms with Crippen LogP contribution in [0.25, 0.3) is 0 Å². The molecule has 0 spiro atoms. The predicted octanol–water partition coefficient (Wildman–Crippen LogP) is 3.25. The Morgan fingerprint density at radius 2 is 1.64 bits per heavy atom.